The molecule has 0 aliphatic rings. The molecule has 4 nitrogen and oxygen atoms in total. The molecule has 1 atom stereocenters. The summed E-state index contributed by atoms with van der Waals surface area (Å²) in [5.74, 6) is 0.234. The van der Waals surface area contributed by atoms with Crippen molar-refractivity contribution in [2.75, 3.05) is 0 Å². The summed E-state index contributed by atoms with van der Waals surface area (Å²) in [4.78, 5) is 0.256. The minimum absolute atomic E-state index is 0.0849. The Balaban J connectivity index is 3.22. The van der Waals surface area contributed by atoms with Crippen LogP contribution in [0, 0.1) is 19.8 Å². The molecule has 5 heteroatoms. The highest BCUT2D eigenvalue weighted by Gasteiger charge is 2.23. The van der Waals surface area contributed by atoms with E-state index in [1.165, 1.54) is 0 Å². The minimum atomic E-state index is -3.56. The van der Waals surface area contributed by atoms with Gasteiger partial charge in [-0.05, 0) is 48.9 Å². The highest BCUT2D eigenvalue weighted by molar-refractivity contribution is 7.89. The molecule has 1 aromatic carbocycles. The number of aliphatic hydroxyl groups is 1. The Kier molecular flexibility index (Phi) is 5.74. The second kappa shape index (κ2) is 6.70. The van der Waals surface area contributed by atoms with Gasteiger partial charge in [-0.3, -0.25) is 0 Å². The van der Waals surface area contributed by atoms with Crippen LogP contribution < -0.4 is 4.72 Å². The topological polar surface area (TPSA) is 66.4 Å². The van der Waals surface area contributed by atoms with Crippen molar-refractivity contribution in [3.63, 3.8) is 0 Å². The summed E-state index contributed by atoms with van der Waals surface area (Å²) in [6, 6.07) is 3.29. The first-order valence-corrected chi connectivity index (χ1v) is 8.44. The maximum absolute atomic E-state index is 12.5. The standard InChI is InChI=1S/C15H25NO3S/c1-6-14(10(2)3)16-20(18,19)15-8-13(9-17)11(4)7-12(15)5/h7-8,10,14,16-17H,6,9H2,1-5H3. The van der Waals surface area contributed by atoms with Gasteiger partial charge < -0.3 is 5.11 Å². The van der Waals surface area contributed by atoms with Gasteiger partial charge >= 0.3 is 0 Å². The third kappa shape index (κ3) is 3.81. The molecular weight excluding hydrogens is 274 g/mol. The lowest BCUT2D eigenvalue weighted by Crippen LogP contribution is -2.38. The van der Waals surface area contributed by atoms with Crippen LogP contribution in [-0.2, 0) is 16.6 Å². The molecule has 1 rings (SSSR count). The van der Waals surface area contributed by atoms with E-state index in [1.54, 1.807) is 19.1 Å². The Bertz CT molecular complexity index is 565. The molecule has 20 heavy (non-hydrogen) atoms. The second-order valence-corrected chi connectivity index (χ2v) is 7.26. The SMILES string of the molecule is CCC(NS(=O)(=O)c1cc(CO)c(C)cc1C)C(C)C. The molecule has 0 bridgehead atoms. The zero-order valence-corrected chi connectivity index (χ0v) is 13.7. The third-order valence-electron chi connectivity index (χ3n) is 3.64. The Morgan fingerprint density at radius 2 is 1.80 bits per heavy atom. The summed E-state index contributed by atoms with van der Waals surface area (Å²) >= 11 is 0. The minimum Gasteiger partial charge on any atom is -0.392 e. The smallest absolute Gasteiger partial charge is 0.241 e. The van der Waals surface area contributed by atoms with Crippen LogP contribution in [0.5, 0.6) is 0 Å². The van der Waals surface area contributed by atoms with Crippen molar-refractivity contribution in [3.8, 4) is 0 Å². The quantitative estimate of drug-likeness (QED) is 0.848. The van der Waals surface area contributed by atoms with Gasteiger partial charge in [-0.2, -0.15) is 0 Å². The van der Waals surface area contributed by atoms with E-state index in [2.05, 4.69) is 4.72 Å². The van der Waals surface area contributed by atoms with Crippen LogP contribution in [0.1, 0.15) is 43.9 Å². The maximum Gasteiger partial charge on any atom is 0.241 e. The van der Waals surface area contributed by atoms with E-state index >= 15 is 0 Å². The Morgan fingerprint density at radius 1 is 1.20 bits per heavy atom. The molecule has 0 amide bonds. The predicted octanol–water partition coefficient (Wildman–Crippen LogP) is 2.51. The molecule has 0 heterocycles. The van der Waals surface area contributed by atoms with Crippen molar-refractivity contribution in [3.05, 3.63) is 28.8 Å². The summed E-state index contributed by atoms with van der Waals surface area (Å²) in [7, 11) is -3.56. The lowest BCUT2D eigenvalue weighted by atomic mass is 10.0. The Hall–Kier alpha value is -0.910. The van der Waals surface area contributed by atoms with Crippen molar-refractivity contribution in [1.29, 1.82) is 0 Å². The molecule has 114 valence electrons. The second-order valence-electron chi connectivity index (χ2n) is 5.58. The molecule has 0 radical (unpaired) electrons. The fourth-order valence-electron chi connectivity index (χ4n) is 2.29. The Labute approximate surface area is 122 Å². The maximum atomic E-state index is 12.5. The van der Waals surface area contributed by atoms with E-state index in [1.807, 2.05) is 27.7 Å². The van der Waals surface area contributed by atoms with Crippen molar-refractivity contribution in [2.24, 2.45) is 5.92 Å². The summed E-state index contributed by atoms with van der Waals surface area (Å²) < 4.78 is 27.8. The van der Waals surface area contributed by atoms with Gasteiger partial charge in [0.15, 0.2) is 0 Å². The molecule has 0 saturated carbocycles. The van der Waals surface area contributed by atoms with Gasteiger partial charge in [-0.15, -0.1) is 0 Å². The molecule has 0 spiro atoms. The fourth-order valence-corrected chi connectivity index (χ4v) is 4.03. The van der Waals surface area contributed by atoms with E-state index in [0.29, 0.717) is 11.1 Å². The first-order valence-electron chi connectivity index (χ1n) is 6.96. The van der Waals surface area contributed by atoms with Crippen molar-refractivity contribution in [2.45, 2.75) is 58.6 Å². The zero-order chi connectivity index (χ0) is 15.5. The van der Waals surface area contributed by atoms with Gasteiger partial charge in [0.25, 0.3) is 0 Å². The van der Waals surface area contributed by atoms with E-state index in [-0.39, 0.29) is 23.5 Å². The summed E-state index contributed by atoms with van der Waals surface area (Å²) in [6.45, 7) is 9.45. The number of nitrogens with one attached hydrogen (secondary N) is 1. The van der Waals surface area contributed by atoms with Crippen molar-refractivity contribution >= 4 is 10.0 Å². The normalized spacial score (nSPS) is 13.8. The van der Waals surface area contributed by atoms with E-state index in [4.69, 9.17) is 0 Å². The molecule has 1 aromatic rings. The van der Waals surface area contributed by atoms with E-state index in [9.17, 15) is 13.5 Å². The molecule has 0 fully saturated rings. The molecule has 0 aromatic heterocycles. The van der Waals surface area contributed by atoms with Gasteiger partial charge in [-0.25, -0.2) is 13.1 Å². The van der Waals surface area contributed by atoms with Crippen molar-refractivity contribution in [1.82, 2.24) is 4.72 Å². The number of sulfonamides is 1. The molecule has 0 saturated heterocycles. The Morgan fingerprint density at radius 3 is 2.25 bits per heavy atom. The van der Waals surface area contributed by atoms with Gasteiger partial charge in [0, 0.05) is 6.04 Å². The molecule has 0 aliphatic carbocycles. The highest BCUT2D eigenvalue weighted by atomic mass is 32.2. The predicted molar refractivity (Wildman–Crippen MR) is 81.1 cm³/mol. The number of rotatable bonds is 6. The van der Waals surface area contributed by atoms with Gasteiger partial charge in [-0.1, -0.05) is 26.8 Å². The van der Waals surface area contributed by atoms with Crippen LogP contribution in [0.25, 0.3) is 0 Å². The lowest BCUT2D eigenvalue weighted by Gasteiger charge is -2.21. The fraction of sp³-hybridized carbons (Fsp3) is 0.600. The number of hydrogen-bond donors (Lipinski definition) is 2. The van der Waals surface area contributed by atoms with Crippen LogP contribution >= 0.6 is 0 Å². The molecular formula is C15H25NO3S. The summed E-state index contributed by atoms with van der Waals surface area (Å²) in [5, 5.41) is 9.30. The van der Waals surface area contributed by atoms with Gasteiger partial charge in [0.05, 0.1) is 11.5 Å². The van der Waals surface area contributed by atoms with Crippen LogP contribution in [0.15, 0.2) is 17.0 Å². The third-order valence-corrected chi connectivity index (χ3v) is 5.28. The molecule has 0 aliphatic heterocycles. The summed E-state index contributed by atoms with van der Waals surface area (Å²) in [5.41, 5.74) is 2.25. The summed E-state index contributed by atoms with van der Waals surface area (Å²) in [6.07, 6.45) is 0.745. The number of aryl methyl sites for hydroxylation is 2. The largest absolute Gasteiger partial charge is 0.392 e. The molecule has 2 N–H and O–H groups in total. The highest BCUT2D eigenvalue weighted by Crippen LogP contribution is 2.22. The average molecular weight is 299 g/mol. The van der Waals surface area contributed by atoms with Gasteiger partial charge in [0.1, 0.15) is 0 Å². The van der Waals surface area contributed by atoms with Crippen LogP contribution in [0.3, 0.4) is 0 Å². The van der Waals surface area contributed by atoms with Crippen LogP contribution in [0.2, 0.25) is 0 Å². The van der Waals surface area contributed by atoms with E-state index < -0.39 is 10.0 Å². The monoisotopic (exact) mass is 299 g/mol. The average Bonchev–Trinajstić information content (AvgIpc) is 2.35. The first-order chi connectivity index (χ1) is 9.22. The van der Waals surface area contributed by atoms with Crippen LogP contribution in [-0.4, -0.2) is 19.6 Å². The van der Waals surface area contributed by atoms with Crippen molar-refractivity contribution < 1.29 is 13.5 Å². The first kappa shape index (κ1) is 17.1. The van der Waals surface area contributed by atoms with Crippen LogP contribution in [0.4, 0.5) is 0 Å². The number of benzene rings is 1. The molecule has 1 unspecified atom stereocenters. The number of aliphatic hydroxyl groups excluding tert-OH is 1. The van der Waals surface area contributed by atoms with Gasteiger partial charge in [0.2, 0.25) is 10.0 Å². The van der Waals surface area contributed by atoms with E-state index in [0.717, 1.165) is 12.0 Å². The lowest BCUT2D eigenvalue weighted by molar-refractivity contribution is 0.280. The number of hydrogen-bond acceptors (Lipinski definition) is 3. The zero-order valence-electron chi connectivity index (χ0n) is 12.9.